The minimum Gasteiger partial charge on any atom is -0.308 e. The summed E-state index contributed by atoms with van der Waals surface area (Å²) in [7, 11) is 0. The molecule has 0 aliphatic carbocycles. The fourth-order valence-corrected chi connectivity index (χ4v) is 1.32. The van der Waals surface area contributed by atoms with Crippen molar-refractivity contribution in [2.45, 2.75) is 0 Å². The molecule has 0 saturated carbocycles. The average Bonchev–Trinajstić information content (AvgIpc) is 2.18. The largest absolute Gasteiger partial charge is 0.308 e. The van der Waals surface area contributed by atoms with Gasteiger partial charge < -0.3 is 5.32 Å². The van der Waals surface area contributed by atoms with Crippen molar-refractivity contribution < 1.29 is 0 Å². The Bertz CT molecular complexity index is 316. The van der Waals surface area contributed by atoms with Crippen LogP contribution in [-0.2, 0) is 0 Å². The highest BCUT2D eigenvalue weighted by Gasteiger charge is 1.96. The number of nitrogens with one attached hydrogen (secondary N) is 1. The van der Waals surface area contributed by atoms with E-state index in [1.807, 2.05) is 18.2 Å². The molecule has 0 unspecified atom stereocenters. The third-order valence-electron chi connectivity index (χ3n) is 1.84. The molecule has 1 N–H and O–H groups in total. The smallest absolute Gasteiger partial charge is 0.0268 e. The van der Waals surface area contributed by atoms with Crippen molar-refractivity contribution in [1.29, 1.82) is 0 Å². The normalized spacial score (nSPS) is 9.79. The van der Waals surface area contributed by atoms with Crippen molar-refractivity contribution in [3.63, 3.8) is 0 Å². The highest BCUT2D eigenvalue weighted by molar-refractivity contribution is 9.11. The van der Waals surface area contributed by atoms with Crippen molar-refractivity contribution in [2.75, 3.05) is 13.1 Å². The van der Waals surface area contributed by atoms with Gasteiger partial charge in [0.1, 0.15) is 0 Å². The van der Waals surface area contributed by atoms with Crippen molar-refractivity contribution >= 4 is 21.5 Å². The summed E-state index contributed by atoms with van der Waals surface area (Å²) >= 11 is 3.29. The Labute approximate surface area is 93.7 Å². The first kappa shape index (κ1) is 11.2. The molecule has 14 heavy (non-hydrogen) atoms. The van der Waals surface area contributed by atoms with Gasteiger partial charge >= 0.3 is 0 Å². The standard InChI is InChI=1S/C12H14BrN/c1-10(8-14-9-11(2)13)12-6-4-3-5-7-12/h3-7,14H,1-2,8-9H2. The molecule has 0 fully saturated rings. The lowest BCUT2D eigenvalue weighted by Gasteiger charge is -2.06. The molecule has 0 spiro atoms. The van der Waals surface area contributed by atoms with Crippen LogP contribution in [0.2, 0.25) is 0 Å². The van der Waals surface area contributed by atoms with Gasteiger partial charge in [-0.25, -0.2) is 0 Å². The Balaban J connectivity index is 2.40. The first-order chi connectivity index (χ1) is 6.70. The summed E-state index contributed by atoms with van der Waals surface area (Å²) in [6, 6.07) is 10.2. The molecule has 2 heteroatoms. The van der Waals surface area contributed by atoms with Crippen LogP contribution in [0.15, 0.2) is 48.0 Å². The fraction of sp³-hybridized carbons (Fsp3) is 0.167. The zero-order chi connectivity index (χ0) is 10.4. The van der Waals surface area contributed by atoms with Gasteiger partial charge in [-0.1, -0.05) is 59.4 Å². The minimum atomic E-state index is 0.770. The second-order valence-electron chi connectivity index (χ2n) is 3.09. The zero-order valence-corrected chi connectivity index (χ0v) is 9.68. The maximum atomic E-state index is 4.01. The van der Waals surface area contributed by atoms with Crippen LogP contribution in [-0.4, -0.2) is 13.1 Å². The molecule has 0 amide bonds. The maximum absolute atomic E-state index is 4.01. The van der Waals surface area contributed by atoms with Crippen molar-refractivity contribution in [3.05, 3.63) is 53.5 Å². The van der Waals surface area contributed by atoms with Crippen molar-refractivity contribution in [2.24, 2.45) is 0 Å². The maximum Gasteiger partial charge on any atom is 0.0268 e. The fourth-order valence-electron chi connectivity index (χ4n) is 1.12. The van der Waals surface area contributed by atoms with Crippen LogP contribution < -0.4 is 5.32 Å². The molecule has 0 aromatic heterocycles. The van der Waals surface area contributed by atoms with Gasteiger partial charge in [-0.3, -0.25) is 0 Å². The molecule has 1 aromatic carbocycles. The number of benzene rings is 1. The lowest BCUT2D eigenvalue weighted by atomic mass is 10.1. The summed E-state index contributed by atoms with van der Waals surface area (Å²) in [4.78, 5) is 0. The van der Waals surface area contributed by atoms with E-state index in [0.29, 0.717) is 0 Å². The Kier molecular flexibility index (Phi) is 4.63. The SMILES string of the molecule is C=C(Br)CNCC(=C)c1ccccc1. The quantitative estimate of drug-likeness (QED) is 0.848. The van der Waals surface area contributed by atoms with E-state index < -0.39 is 0 Å². The van der Waals surface area contributed by atoms with Crippen LogP contribution in [0.3, 0.4) is 0 Å². The lowest BCUT2D eigenvalue weighted by Crippen LogP contribution is -2.17. The van der Waals surface area contributed by atoms with Crippen molar-refractivity contribution in [1.82, 2.24) is 5.32 Å². The molecule has 0 saturated heterocycles. The molecule has 0 bridgehead atoms. The Morgan fingerprint density at radius 2 is 1.79 bits per heavy atom. The van der Waals surface area contributed by atoms with Gasteiger partial charge in [-0.15, -0.1) is 0 Å². The summed E-state index contributed by atoms with van der Waals surface area (Å²) in [5, 5.41) is 3.24. The van der Waals surface area contributed by atoms with Gasteiger partial charge in [-0.2, -0.15) is 0 Å². The number of halogens is 1. The van der Waals surface area contributed by atoms with Crippen LogP contribution in [0, 0.1) is 0 Å². The van der Waals surface area contributed by atoms with Gasteiger partial charge in [0.2, 0.25) is 0 Å². The minimum absolute atomic E-state index is 0.770. The molecule has 1 nitrogen and oxygen atoms in total. The summed E-state index contributed by atoms with van der Waals surface area (Å²) in [6.07, 6.45) is 0. The number of hydrogen-bond acceptors (Lipinski definition) is 1. The molecule has 0 atom stereocenters. The van der Waals surface area contributed by atoms with Gasteiger partial charge in [0.25, 0.3) is 0 Å². The third kappa shape index (κ3) is 3.90. The summed E-state index contributed by atoms with van der Waals surface area (Å²) in [6.45, 7) is 9.32. The predicted molar refractivity (Wildman–Crippen MR) is 66.4 cm³/mol. The number of rotatable bonds is 5. The van der Waals surface area contributed by atoms with Crippen LogP contribution >= 0.6 is 15.9 Å². The summed E-state index contributed by atoms with van der Waals surface area (Å²) < 4.78 is 0.957. The van der Waals surface area contributed by atoms with Crippen LogP contribution in [0.25, 0.3) is 5.57 Å². The Hall–Kier alpha value is -0.860. The average molecular weight is 252 g/mol. The third-order valence-corrected chi connectivity index (χ3v) is 2.12. The second kappa shape index (κ2) is 5.78. The van der Waals surface area contributed by atoms with E-state index in [1.54, 1.807) is 0 Å². The first-order valence-electron chi connectivity index (χ1n) is 4.47. The van der Waals surface area contributed by atoms with Gasteiger partial charge in [0.05, 0.1) is 0 Å². The molecule has 0 aliphatic rings. The molecule has 1 rings (SSSR count). The topological polar surface area (TPSA) is 12.0 Å². The van der Waals surface area contributed by atoms with E-state index >= 15 is 0 Å². The van der Waals surface area contributed by atoms with E-state index in [-0.39, 0.29) is 0 Å². The van der Waals surface area contributed by atoms with E-state index in [0.717, 1.165) is 23.1 Å². The van der Waals surface area contributed by atoms with E-state index in [4.69, 9.17) is 0 Å². The van der Waals surface area contributed by atoms with Gasteiger partial charge in [0, 0.05) is 17.6 Å². The molecule has 0 heterocycles. The molecular weight excluding hydrogens is 238 g/mol. The molecule has 0 radical (unpaired) electrons. The number of hydrogen-bond donors (Lipinski definition) is 1. The Morgan fingerprint density at radius 3 is 2.36 bits per heavy atom. The van der Waals surface area contributed by atoms with Gasteiger partial charge in [0.15, 0.2) is 0 Å². The van der Waals surface area contributed by atoms with Crippen LogP contribution in [0.1, 0.15) is 5.56 Å². The highest BCUT2D eigenvalue weighted by Crippen LogP contribution is 2.10. The van der Waals surface area contributed by atoms with E-state index in [2.05, 4.69) is 46.5 Å². The molecular formula is C12H14BrN. The Morgan fingerprint density at radius 1 is 1.14 bits per heavy atom. The van der Waals surface area contributed by atoms with Crippen LogP contribution in [0.5, 0.6) is 0 Å². The monoisotopic (exact) mass is 251 g/mol. The first-order valence-corrected chi connectivity index (χ1v) is 5.26. The van der Waals surface area contributed by atoms with Gasteiger partial charge in [-0.05, 0) is 11.1 Å². The summed E-state index contributed by atoms with van der Waals surface area (Å²) in [5.74, 6) is 0. The molecule has 0 aliphatic heterocycles. The second-order valence-corrected chi connectivity index (χ2v) is 4.21. The summed E-state index contributed by atoms with van der Waals surface area (Å²) in [5.41, 5.74) is 2.28. The zero-order valence-electron chi connectivity index (χ0n) is 8.09. The lowest BCUT2D eigenvalue weighted by molar-refractivity contribution is 0.850. The van der Waals surface area contributed by atoms with Crippen LogP contribution in [0.4, 0.5) is 0 Å². The highest BCUT2D eigenvalue weighted by atomic mass is 79.9. The van der Waals surface area contributed by atoms with Crippen molar-refractivity contribution in [3.8, 4) is 0 Å². The molecule has 1 aromatic rings. The molecule has 74 valence electrons. The van der Waals surface area contributed by atoms with E-state index in [1.165, 1.54) is 5.56 Å². The predicted octanol–water partition coefficient (Wildman–Crippen LogP) is 3.20. The van der Waals surface area contributed by atoms with E-state index in [9.17, 15) is 0 Å².